The SMILES string of the molecule is COc1ccc(C2=CC3CCC(C2)N3C(=O)OCc2ccccc2)cc1C(F)(F)F. The molecule has 2 aliphatic rings. The number of benzene rings is 2. The lowest BCUT2D eigenvalue weighted by atomic mass is 9.93. The summed E-state index contributed by atoms with van der Waals surface area (Å²) in [5.41, 5.74) is 1.45. The first-order chi connectivity index (χ1) is 14.4. The summed E-state index contributed by atoms with van der Waals surface area (Å²) >= 11 is 0. The summed E-state index contributed by atoms with van der Waals surface area (Å²) in [6, 6.07) is 13.3. The Bertz CT molecular complexity index is 956. The molecule has 1 saturated heterocycles. The van der Waals surface area contributed by atoms with Crippen molar-refractivity contribution in [1.82, 2.24) is 4.90 Å². The van der Waals surface area contributed by atoms with Gasteiger partial charge in [-0.05, 0) is 48.1 Å². The van der Waals surface area contributed by atoms with E-state index in [2.05, 4.69) is 0 Å². The molecule has 0 saturated carbocycles. The van der Waals surface area contributed by atoms with Crippen molar-refractivity contribution in [2.75, 3.05) is 7.11 Å². The molecule has 2 aromatic rings. The lowest BCUT2D eigenvalue weighted by Gasteiger charge is -2.33. The van der Waals surface area contributed by atoms with E-state index >= 15 is 0 Å². The normalized spacial score (nSPS) is 20.7. The van der Waals surface area contributed by atoms with Crippen LogP contribution in [0.25, 0.3) is 5.57 Å². The van der Waals surface area contributed by atoms with Crippen molar-refractivity contribution < 1.29 is 27.4 Å². The summed E-state index contributed by atoms with van der Waals surface area (Å²) in [5.74, 6) is -0.197. The van der Waals surface area contributed by atoms with Crippen molar-refractivity contribution in [1.29, 1.82) is 0 Å². The number of amides is 1. The highest BCUT2D eigenvalue weighted by molar-refractivity contribution is 5.75. The third kappa shape index (κ3) is 4.01. The van der Waals surface area contributed by atoms with E-state index in [0.717, 1.165) is 30.0 Å². The zero-order valence-corrected chi connectivity index (χ0v) is 16.5. The van der Waals surface area contributed by atoms with Crippen LogP contribution >= 0.6 is 0 Å². The predicted octanol–water partition coefficient (Wildman–Crippen LogP) is 5.67. The minimum atomic E-state index is -4.50. The van der Waals surface area contributed by atoms with Crippen LogP contribution in [-0.2, 0) is 17.5 Å². The maximum Gasteiger partial charge on any atom is 0.419 e. The lowest BCUT2D eigenvalue weighted by molar-refractivity contribution is -0.138. The molecule has 30 heavy (non-hydrogen) atoms. The van der Waals surface area contributed by atoms with Gasteiger partial charge in [0.15, 0.2) is 0 Å². The maximum absolute atomic E-state index is 13.4. The van der Waals surface area contributed by atoms with E-state index < -0.39 is 11.7 Å². The zero-order valence-electron chi connectivity index (χ0n) is 16.5. The number of carbonyl (C=O) groups excluding carboxylic acids is 1. The summed E-state index contributed by atoms with van der Waals surface area (Å²) in [7, 11) is 1.23. The van der Waals surface area contributed by atoms with E-state index in [1.54, 1.807) is 11.0 Å². The molecule has 2 unspecified atom stereocenters. The molecule has 1 fully saturated rings. The van der Waals surface area contributed by atoms with E-state index in [0.29, 0.717) is 12.0 Å². The number of carbonyl (C=O) groups is 1. The number of rotatable bonds is 4. The van der Waals surface area contributed by atoms with Gasteiger partial charge in [-0.15, -0.1) is 0 Å². The molecule has 1 amide bonds. The Morgan fingerprint density at radius 1 is 1.13 bits per heavy atom. The highest BCUT2D eigenvalue weighted by Gasteiger charge is 2.41. The lowest BCUT2D eigenvalue weighted by Crippen LogP contribution is -2.43. The second kappa shape index (κ2) is 8.05. The van der Waals surface area contributed by atoms with Crippen molar-refractivity contribution in [2.24, 2.45) is 0 Å². The number of ether oxygens (including phenoxy) is 2. The molecule has 2 bridgehead atoms. The Hall–Kier alpha value is -2.96. The van der Waals surface area contributed by atoms with Crippen LogP contribution in [0.4, 0.5) is 18.0 Å². The first-order valence-corrected chi connectivity index (χ1v) is 9.82. The van der Waals surface area contributed by atoms with Gasteiger partial charge in [0, 0.05) is 6.04 Å². The fourth-order valence-electron chi connectivity index (χ4n) is 4.25. The Kier molecular flexibility index (Phi) is 5.45. The summed E-state index contributed by atoms with van der Waals surface area (Å²) in [5, 5.41) is 0. The van der Waals surface area contributed by atoms with Gasteiger partial charge in [-0.3, -0.25) is 4.90 Å². The van der Waals surface area contributed by atoms with Crippen molar-refractivity contribution in [3.05, 3.63) is 71.3 Å². The monoisotopic (exact) mass is 417 g/mol. The van der Waals surface area contributed by atoms with E-state index in [-0.39, 0.29) is 30.5 Å². The van der Waals surface area contributed by atoms with Crippen LogP contribution in [0.15, 0.2) is 54.6 Å². The first kappa shape index (κ1) is 20.3. The zero-order chi connectivity index (χ0) is 21.3. The largest absolute Gasteiger partial charge is 0.496 e. The molecular formula is C23H22F3NO3. The minimum absolute atomic E-state index is 0.0743. The highest BCUT2D eigenvalue weighted by Crippen LogP contribution is 2.42. The van der Waals surface area contributed by atoms with Crippen molar-refractivity contribution >= 4 is 11.7 Å². The summed E-state index contributed by atoms with van der Waals surface area (Å²) in [4.78, 5) is 14.4. The fourth-order valence-corrected chi connectivity index (χ4v) is 4.25. The smallest absolute Gasteiger partial charge is 0.419 e. The fraction of sp³-hybridized carbons (Fsp3) is 0.348. The molecule has 158 valence electrons. The van der Waals surface area contributed by atoms with Crippen molar-refractivity contribution in [3.63, 3.8) is 0 Å². The van der Waals surface area contributed by atoms with Gasteiger partial charge in [0.1, 0.15) is 12.4 Å². The van der Waals surface area contributed by atoms with Gasteiger partial charge in [-0.25, -0.2) is 4.79 Å². The molecule has 0 aliphatic carbocycles. The minimum Gasteiger partial charge on any atom is -0.496 e. The van der Waals surface area contributed by atoms with E-state index in [9.17, 15) is 18.0 Å². The molecule has 2 heterocycles. The molecule has 4 rings (SSSR count). The van der Waals surface area contributed by atoms with Gasteiger partial charge in [-0.1, -0.05) is 42.5 Å². The summed E-state index contributed by atoms with van der Waals surface area (Å²) in [6.45, 7) is 0.194. The van der Waals surface area contributed by atoms with Gasteiger partial charge in [0.2, 0.25) is 0 Å². The molecule has 2 aliphatic heterocycles. The van der Waals surface area contributed by atoms with Crippen LogP contribution in [0, 0.1) is 0 Å². The predicted molar refractivity (Wildman–Crippen MR) is 106 cm³/mol. The maximum atomic E-state index is 13.4. The van der Waals surface area contributed by atoms with E-state index in [1.807, 2.05) is 36.4 Å². The van der Waals surface area contributed by atoms with Crippen LogP contribution in [0.2, 0.25) is 0 Å². The number of methoxy groups -OCH3 is 1. The quantitative estimate of drug-likeness (QED) is 0.643. The average Bonchev–Trinajstić information content (AvgIpc) is 3.01. The van der Waals surface area contributed by atoms with Crippen LogP contribution < -0.4 is 4.74 Å². The third-order valence-electron chi connectivity index (χ3n) is 5.69. The van der Waals surface area contributed by atoms with E-state index in [4.69, 9.17) is 9.47 Å². The molecule has 7 heteroatoms. The third-order valence-corrected chi connectivity index (χ3v) is 5.69. The summed E-state index contributed by atoms with van der Waals surface area (Å²) in [6.07, 6.45) is -0.907. The Morgan fingerprint density at radius 2 is 1.90 bits per heavy atom. The second-order valence-corrected chi connectivity index (χ2v) is 7.55. The molecule has 0 spiro atoms. The van der Waals surface area contributed by atoms with Crippen LogP contribution in [0.5, 0.6) is 5.75 Å². The van der Waals surface area contributed by atoms with Gasteiger partial charge in [-0.2, -0.15) is 13.2 Å². The Balaban J connectivity index is 1.52. The number of nitrogens with zero attached hydrogens (tertiary/aromatic N) is 1. The van der Waals surface area contributed by atoms with Crippen molar-refractivity contribution in [3.8, 4) is 5.75 Å². The van der Waals surface area contributed by atoms with Gasteiger partial charge in [0.25, 0.3) is 0 Å². The molecule has 0 aromatic heterocycles. The van der Waals surface area contributed by atoms with Gasteiger partial charge < -0.3 is 9.47 Å². The topological polar surface area (TPSA) is 38.8 Å². The highest BCUT2D eigenvalue weighted by atomic mass is 19.4. The molecule has 0 radical (unpaired) electrons. The van der Waals surface area contributed by atoms with Crippen LogP contribution in [0.3, 0.4) is 0 Å². The number of fused-ring (bicyclic) bond motifs is 2. The van der Waals surface area contributed by atoms with E-state index in [1.165, 1.54) is 13.2 Å². The molecular weight excluding hydrogens is 395 g/mol. The molecule has 2 atom stereocenters. The first-order valence-electron chi connectivity index (χ1n) is 9.82. The second-order valence-electron chi connectivity index (χ2n) is 7.55. The van der Waals surface area contributed by atoms with Crippen LogP contribution in [-0.4, -0.2) is 30.2 Å². The average molecular weight is 417 g/mol. The molecule has 4 nitrogen and oxygen atoms in total. The number of alkyl halides is 3. The molecule has 0 N–H and O–H groups in total. The number of hydrogen-bond donors (Lipinski definition) is 0. The Labute approximate surface area is 172 Å². The Morgan fingerprint density at radius 3 is 2.57 bits per heavy atom. The molecule has 2 aromatic carbocycles. The number of halogens is 3. The van der Waals surface area contributed by atoms with Crippen molar-refractivity contribution in [2.45, 2.75) is 44.1 Å². The van der Waals surface area contributed by atoms with Crippen LogP contribution in [0.1, 0.15) is 36.0 Å². The van der Waals surface area contributed by atoms with Gasteiger partial charge >= 0.3 is 12.3 Å². The number of hydrogen-bond acceptors (Lipinski definition) is 3. The summed E-state index contributed by atoms with van der Waals surface area (Å²) < 4.78 is 50.5. The van der Waals surface area contributed by atoms with Gasteiger partial charge in [0.05, 0.1) is 18.7 Å². The standard InChI is InChI=1S/C23H22F3NO3/c1-29-21-10-7-16(13-20(21)23(24,25)26)17-11-18-8-9-19(12-17)27(18)22(28)30-14-15-5-3-2-4-6-15/h2-7,10-11,13,18-19H,8-9,12,14H2,1H3.